The molecule has 0 atom stereocenters. The Morgan fingerprint density at radius 3 is 2.50 bits per heavy atom. The number of halogens is 1. The highest BCUT2D eigenvalue weighted by Gasteiger charge is 1.90. The summed E-state index contributed by atoms with van der Waals surface area (Å²) in [6.07, 6.45) is -0.118. The van der Waals surface area contributed by atoms with Crippen LogP contribution in [0, 0.1) is 5.82 Å². The Hall–Kier alpha value is -0.890. The highest BCUT2D eigenvalue weighted by molar-refractivity contribution is 5.15. The lowest BCUT2D eigenvalue weighted by Crippen LogP contribution is -1.89. The molecule has 10 heavy (non-hydrogen) atoms. The van der Waals surface area contributed by atoms with Crippen LogP contribution in [-0.2, 0) is 6.42 Å². The number of benzene rings is 1. The zero-order chi connectivity index (χ0) is 9.19. The predicted molar refractivity (Wildman–Crippen MR) is 37.2 cm³/mol. The van der Waals surface area contributed by atoms with E-state index in [1.807, 2.05) is 0 Å². The molecule has 0 amide bonds. The van der Waals surface area contributed by atoms with Crippen LogP contribution in [0.25, 0.3) is 0 Å². The molecule has 0 radical (unpaired) electrons. The van der Waals surface area contributed by atoms with Gasteiger partial charge in [0.2, 0.25) is 0 Å². The van der Waals surface area contributed by atoms with Crippen LogP contribution in [0.3, 0.4) is 0 Å². The zero-order valence-corrected chi connectivity index (χ0v) is 5.34. The maximum absolute atomic E-state index is 12.4. The first-order valence-corrected chi connectivity index (χ1v) is 2.94. The first-order chi connectivity index (χ1) is 5.47. The van der Waals surface area contributed by atoms with Crippen LogP contribution in [0.5, 0.6) is 0 Å². The molecule has 1 rings (SSSR count). The van der Waals surface area contributed by atoms with Gasteiger partial charge >= 0.3 is 0 Å². The number of hydrogen-bond acceptors (Lipinski definition) is 1. The van der Waals surface area contributed by atoms with Crippen molar-refractivity contribution in [2.75, 3.05) is 6.56 Å². The summed E-state index contributed by atoms with van der Waals surface area (Å²) in [5, 5.41) is 8.78. The molecule has 1 nitrogen and oxygen atoms in total. The monoisotopic (exact) mass is 142 g/mol. The number of rotatable bonds is 2. The van der Waals surface area contributed by atoms with E-state index in [1.165, 1.54) is 24.3 Å². The zero-order valence-electron chi connectivity index (χ0n) is 7.34. The smallest absolute Gasteiger partial charge is 0.123 e. The van der Waals surface area contributed by atoms with Crippen molar-refractivity contribution in [3.8, 4) is 0 Å². The van der Waals surface area contributed by atoms with E-state index in [4.69, 9.17) is 7.85 Å². The molecule has 0 bridgehead atoms. The molecule has 2 heteroatoms. The fraction of sp³-hybridized carbons (Fsp3) is 0.250. The van der Waals surface area contributed by atoms with Crippen LogP contribution >= 0.6 is 0 Å². The number of aliphatic hydroxyl groups is 1. The van der Waals surface area contributed by atoms with Gasteiger partial charge in [0.1, 0.15) is 5.82 Å². The lowest BCUT2D eigenvalue weighted by atomic mass is 10.2. The van der Waals surface area contributed by atoms with E-state index in [2.05, 4.69) is 0 Å². The molecule has 0 heterocycles. The van der Waals surface area contributed by atoms with Crippen LogP contribution in [0.2, 0.25) is 0 Å². The van der Waals surface area contributed by atoms with E-state index in [1.54, 1.807) is 0 Å². The van der Waals surface area contributed by atoms with Gasteiger partial charge in [-0.25, -0.2) is 4.39 Å². The molecule has 0 saturated carbocycles. The highest BCUT2D eigenvalue weighted by Crippen LogP contribution is 2.02. The van der Waals surface area contributed by atoms with Crippen LogP contribution in [0.4, 0.5) is 4.39 Å². The topological polar surface area (TPSA) is 20.2 Å². The molecule has 0 fully saturated rings. The van der Waals surface area contributed by atoms with Crippen molar-refractivity contribution >= 4 is 0 Å². The van der Waals surface area contributed by atoms with Crippen LogP contribution < -0.4 is 0 Å². The fourth-order valence-electron chi connectivity index (χ4n) is 0.694. The van der Waals surface area contributed by atoms with Crippen molar-refractivity contribution < 1.29 is 12.2 Å². The molecule has 1 N–H and O–H groups in total. The standard InChI is InChI=1S/C8H9FO/c9-8-3-1-7(2-4-8)5-6-10/h1-4,10H,5-6H2/i6D2. The number of aryl methyl sites for hydroxylation is 1. The molecule has 54 valence electrons. The minimum Gasteiger partial charge on any atom is -0.396 e. The summed E-state index contributed by atoms with van der Waals surface area (Å²) < 4.78 is 26.1. The Bertz CT molecular complexity index is 253. The first-order valence-electron chi connectivity index (χ1n) is 3.94. The molecular weight excluding hydrogens is 131 g/mol. The molecule has 0 unspecified atom stereocenters. The fourth-order valence-corrected chi connectivity index (χ4v) is 0.694. The first kappa shape index (κ1) is 4.85. The van der Waals surface area contributed by atoms with E-state index in [0.29, 0.717) is 5.56 Å². The highest BCUT2D eigenvalue weighted by atomic mass is 19.1. The molecule has 1 aromatic rings. The van der Waals surface area contributed by atoms with Gasteiger partial charge in [0.15, 0.2) is 0 Å². The minimum atomic E-state index is -2.22. The molecule has 0 saturated heterocycles. The Morgan fingerprint density at radius 1 is 1.40 bits per heavy atom. The summed E-state index contributed by atoms with van der Waals surface area (Å²) in [5.41, 5.74) is 0.573. The van der Waals surface area contributed by atoms with Gasteiger partial charge in [-0.05, 0) is 24.1 Å². The van der Waals surface area contributed by atoms with Gasteiger partial charge in [-0.15, -0.1) is 0 Å². The summed E-state index contributed by atoms with van der Waals surface area (Å²) in [7, 11) is 0. The van der Waals surface area contributed by atoms with E-state index >= 15 is 0 Å². The van der Waals surface area contributed by atoms with E-state index in [9.17, 15) is 4.39 Å². The molecule has 0 aromatic heterocycles. The molecule has 1 aromatic carbocycles. The maximum Gasteiger partial charge on any atom is 0.123 e. The third-order valence-electron chi connectivity index (χ3n) is 1.20. The Labute approximate surface area is 61.9 Å². The third kappa shape index (κ3) is 1.81. The Balaban J connectivity index is 2.71. The Kier molecular flexibility index (Phi) is 1.61. The average Bonchev–Trinajstić information content (AvgIpc) is 1.91. The number of hydrogen-bond donors (Lipinski definition) is 1. The maximum atomic E-state index is 12.4. The van der Waals surface area contributed by atoms with Crippen LogP contribution in [0.1, 0.15) is 8.30 Å². The summed E-state index contributed by atoms with van der Waals surface area (Å²) in [6, 6.07) is 5.37. The van der Waals surface area contributed by atoms with E-state index < -0.39 is 6.56 Å². The molecule has 0 aliphatic heterocycles. The largest absolute Gasteiger partial charge is 0.396 e. The van der Waals surface area contributed by atoms with Crippen molar-refractivity contribution in [3.05, 3.63) is 35.6 Å². The molecule has 0 aliphatic carbocycles. The van der Waals surface area contributed by atoms with Gasteiger partial charge < -0.3 is 5.11 Å². The summed E-state index contributed by atoms with van der Waals surface area (Å²) >= 11 is 0. The van der Waals surface area contributed by atoms with E-state index in [-0.39, 0.29) is 12.2 Å². The predicted octanol–water partition coefficient (Wildman–Crippen LogP) is 1.36. The second-order valence-corrected chi connectivity index (χ2v) is 1.96. The van der Waals surface area contributed by atoms with Crippen molar-refractivity contribution in [2.45, 2.75) is 6.42 Å². The second-order valence-electron chi connectivity index (χ2n) is 1.96. The quantitative estimate of drug-likeness (QED) is 0.661. The lowest BCUT2D eigenvalue weighted by Gasteiger charge is -1.95. The van der Waals surface area contributed by atoms with Crippen molar-refractivity contribution in [2.24, 2.45) is 0 Å². The van der Waals surface area contributed by atoms with Crippen molar-refractivity contribution in [1.82, 2.24) is 0 Å². The SMILES string of the molecule is [2H]C([2H])(O)Cc1ccc(F)cc1. The van der Waals surface area contributed by atoms with Gasteiger partial charge in [0.25, 0.3) is 0 Å². The lowest BCUT2D eigenvalue weighted by molar-refractivity contribution is 0.299. The van der Waals surface area contributed by atoms with Crippen LogP contribution in [0.15, 0.2) is 24.3 Å². The van der Waals surface area contributed by atoms with Gasteiger partial charge in [-0.1, -0.05) is 12.1 Å². The Morgan fingerprint density at radius 2 is 2.00 bits per heavy atom. The van der Waals surface area contributed by atoms with Crippen molar-refractivity contribution in [3.63, 3.8) is 0 Å². The van der Waals surface area contributed by atoms with Crippen molar-refractivity contribution in [1.29, 1.82) is 0 Å². The molecule has 0 aliphatic rings. The van der Waals surface area contributed by atoms with Gasteiger partial charge in [0, 0.05) is 6.56 Å². The normalized spacial score (nSPS) is 14.2. The summed E-state index contributed by atoms with van der Waals surface area (Å²) in [6.45, 7) is -2.22. The third-order valence-corrected chi connectivity index (χ3v) is 1.20. The second kappa shape index (κ2) is 3.32. The minimum absolute atomic E-state index is 0.118. The summed E-state index contributed by atoms with van der Waals surface area (Å²) in [4.78, 5) is 0. The average molecular weight is 142 g/mol. The van der Waals surface area contributed by atoms with Gasteiger partial charge in [-0.2, -0.15) is 0 Å². The molecule has 0 spiro atoms. The van der Waals surface area contributed by atoms with E-state index in [0.717, 1.165) is 0 Å². The van der Waals surface area contributed by atoms with Gasteiger partial charge in [0.05, 0.1) is 2.74 Å². The molecular formula is C8H9FO. The summed E-state index contributed by atoms with van der Waals surface area (Å²) in [5.74, 6) is -0.364. The van der Waals surface area contributed by atoms with Gasteiger partial charge in [-0.3, -0.25) is 0 Å². The van der Waals surface area contributed by atoms with Crippen LogP contribution in [-0.4, -0.2) is 11.7 Å².